The average Bonchev–Trinajstić information content (AvgIpc) is 2.41. The van der Waals surface area contributed by atoms with Gasteiger partial charge in [0.05, 0.1) is 18.1 Å². The van der Waals surface area contributed by atoms with E-state index in [9.17, 15) is 4.79 Å². The summed E-state index contributed by atoms with van der Waals surface area (Å²) in [7, 11) is 0. The number of fused-ring (bicyclic) bond motifs is 1. The Morgan fingerprint density at radius 2 is 2.11 bits per heavy atom. The summed E-state index contributed by atoms with van der Waals surface area (Å²) in [5.41, 5.74) is 3.56. The van der Waals surface area contributed by atoms with Gasteiger partial charge in [0, 0.05) is 17.8 Å². The molecule has 0 atom stereocenters. The van der Waals surface area contributed by atoms with Crippen LogP contribution in [0.2, 0.25) is 0 Å². The summed E-state index contributed by atoms with van der Waals surface area (Å²) < 4.78 is 0. The van der Waals surface area contributed by atoms with Gasteiger partial charge in [0.1, 0.15) is 0 Å². The van der Waals surface area contributed by atoms with Gasteiger partial charge in [-0.2, -0.15) is 10.2 Å². The highest BCUT2D eigenvalue weighted by Crippen LogP contribution is 2.21. The van der Waals surface area contributed by atoms with Gasteiger partial charge in [-0.1, -0.05) is 6.07 Å². The molecule has 2 heterocycles. The molecular weight excluding hydrogens is 228 g/mol. The molecule has 90 valence electrons. The number of carbonyl (C=O) groups excluding carboxylic acids is 1. The lowest BCUT2D eigenvalue weighted by Gasteiger charge is -2.17. The van der Waals surface area contributed by atoms with Gasteiger partial charge in [0.2, 0.25) is 0 Å². The molecule has 0 spiro atoms. The lowest BCUT2D eigenvalue weighted by Crippen LogP contribution is -2.31. The summed E-state index contributed by atoms with van der Waals surface area (Å²) >= 11 is 0. The highest BCUT2D eigenvalue weighted by molar-refractivity contribution is 5.97. The average molecular weight is 240 g/mol. The monoisotopic (exact) mass is 240 g/mol. The molecular formula is C13H12N4O. The molecule has 0 saturated carbocycles. The Morgan fingerprint density at radius 1 is 1.17 bits per heavy atom. The van der Waals surface area contributed by atoms with Crippen molar-refractivity contribution in [2.24, 2.45) is 0 Å². The topological polar surface area (TPSA) is 66.9 Å². The summed E-state index contributed by atoms with van der Waals surface area (Å²) in [4.78, 5) is 11.7. The van der Waals surface area contributed by atoms with Crippen molar-refractivity contribution in [3.63, 3.8) is 0 Å². The normalized spacial score (nSPS) is 13.7. The van der Waals surface area contributed by atoms with Crippen molar-refractivity contribution in [2.75, 3.05) is 11.9 Å². The molecule has 1 amide bonds. The minimum atomic E-state index is -0.00671. The summed E-state index contributed by atoms with van der Waals surface area (Å²) in [6, 6.07) is 7.65. The molecule has 3 rings (SSSR count). The van der Waals surface area contributed by atoms with E-state index in [4.69, 9.17) is 0 Å². The fraction of sp³-hybridized carbons (Fsp3) is 0.154. The van der Waals surface area contributed by atoms with Crippen molar-refractivity contribution < 1.29 is 4.79 Å². The third-order valence-corrected chi connectivity index (χ3v) is 2.91. The fourth-order valence-electron chi connectivity index (χ4n) is 2.02. The summed E-state index contributed by atoms with van der Waals surface area (Å²) in [6.07, 6.45) is 4.14. The Balaban J connectivity index is 1.90. The highest BCUT2D eigenvalue weighted by Gasteiger charge is 2.16. The minimum Gasteiger partial charge on any atom is -0.354 e. The minimum absolute atomic E-state index is 0.00671. The Bertz CT molecular complexity index is 583. The molecule has 0 unspecified atom stereocenters. The number of anilines is 2. The third-order valence-electron chi connectivity index (χ3n) is 2.91. The van der Waals surface area contributed by atoms with E-state index in [-0.39, 0.29) is 5.91 Å². The molecule has 0 fully saturated rings. The standard InChI is InChI=1S/C13H12N4O/c18-13-12-7-10(2-1-9(12)3-5-14-13)17-11-4-6-15-16-8-11/h1-2,4,6-8H,3,5H2,(H,14,18)(H,15,17). The number of nitrogens with one attached hydrogen (secondary N) is 2. The Kier molecular flexibility index (Phi) is 2.64. The summed E-state index contributed by atoms with van der Waals surface area (Å²) in [6.45, 7) is 0.715. The van der Waals surface area contributed by atoms with Crippen LogP contribution in [0.15, 0.2) is 36.7 Å². The van der Waals surface area contributed by atoms with Crippen LogP contribution in [0, 0.1) is 0 Å². The number of nitrogens with zero attached hydrogens (tertiary/aromatic N) is 2. The second-order valence-corrected chi connectivity index (χ2v) is 4.13. The summed E-state index contributed by atoms with van der Waals surface area (Å²) in [5, 5.41) is 13.5. The number of hydrogen-bond acceptors (Lipinski definition) is 4. The van der Waals surface area contributed by atoms with Crippen LogP contribution in [0.1, 0.15) is 15.9 Å². The first-order chi connectivity index (χ1) is 8.83. The van der Waals surface area contributed by atoms with Gasteiger partial charge in [-0.25, -0.2) is 0 Å². The van der Waals surface area contributed by atoms with E-state index < -0.39 is 0 Å². The van der Waals surface area contributed by atoms with Crippen LogP contribution in [0.25, 0.3) is 0 Å². The maximum Gasteiger partial charge on any atom is 0.251 e. The zero-order chi connectivity index (χ0) is 12.4. The van der Waals surface area contributed by atoms with Crippen molar-refractivity contribution >= 4 is 17.3 Å². The third kappa shape index (κ3) is 2.02. The lowest BCUT2D eigenvalue weighted by molar-refractivity contribution is 0.0946. The van der Waals surface area contributed by atoms with E-state index in [1.807, 2.05) is 24.3 Å². The van der Waals surface area contributed by atoms with Crippen LogP contribution < -0.4 is 10.6 Å². The van der Waals surface area contributed by atoms with Crippen molar-refractivity contribution in [3.8, 4) is 0 Å². The number of benzene rings is 1. The second-order valence-electron chi connectivity index (χ2n) is 4.13. The van der Waals surface area contributed by atoms with Crippen LogP contribution in [0.4, 0.5) is 11.4 Å². The van der Waals surface area contributed by atoms with Crippen molar-refractivity contribution in [2.45, 2.75) is 6.42 Å². The molecule has 0 bridgehead atoms. The predicted octanol–water partition coefficient (Wildman–Crippen LogP) is 1.51. The number of aromatic nitrogens is 2. The molecule has 5 nitrogen and oxygen atoms in total. The highest BCUT2D eigenvalue weighted by atomic mass is 16.1. The number of rotatable bonds is 2. The largest absolute Gasteiger partial charge is 0.354 e. The molecule has 1 aromatic carbocycles. The molecule has 2 aromatic rings. The smallest absolute Gasteiger partial charge is 0.251 e. The van der Waals surface area contributed by atoms with Gasteiger partial charge in [0.15, 0.2) is 0 Å². The van der Waals surface area contributed by atoms with E-state index in [2.05, 4.69) is 20.8 Å². The van der Waals surface area contributed by atoms with E-state index in [0.717, 1.165) is 28.9 Å². The molecule has 0 radical (unpaired) electrons. The molecule has 5 heteroatoms. The fourth-order valence-corrected chi connectivity index (χ4v) is 2.02. The van der Waals surface area contributed by atoms with Gasteiger partial charge in [-0.3, -0.25) is 4.79 Å². The van der Waals surface area contributed by atoms with Gasteiger partial charge >= 0.3 is 0 Å². The van der Waals surface area contributed by atoms with Crippen molar-refractivity contribution in [3.05, 3.63) is 47.8 Å². The van der Waals surface area contributed by atoms with E-state index in [1.165, 1.54) is 0 Å². The van der Waals surface area contributed by atoms with Gasteiger partial charge < -0.3 is 10.6 Å². The molecule has 1 aliphatic heterocycles. The van der Waals surface area contributed by atoms with Crippen LogP contribution in [0.3, 0.4) is 0 Å². The van der Waals surface area contributed by atoms with Crippen LogP contribution >= 0.6 is 0 Å². The molecule has 1 aromatic heterocycles. The Morgan fingerprint density at radius 3 is 2.94 bits per heavy atom. The van der Waals surface area contributed by atoms with Crippen LogP contribution in [-0.4, -0.2) is 22.6 Å². The van der Waals surface area contributed by atoms with E-state index in [1.54, 1.807) is 12.4 Å². The summed E-state index contributed by atoms with van der Waals surface area (Å²) in [5.74, 6) is -0.00671. The molecule has 0 saturated heterocycles. The number of carbonyl (C=O) groups is 1. The van der Waals surface area contributed by atoms with Crippen molar-refractivity contribution in [1.82, 2.24) is 15.5 Å². The van der Waals surface area contributed by atoms with E-state index in [0.29, 0.717) is 6.54 Å². The molecule has 2 N–H and O–H groups in total. The first kappa shape index (κ1) is 10.7. The first-order valence-corrected chi connectivity index (χ1v) is 5.78. The van der Waals surface area contributed by atoms with Gasteiger partial charge in [-0.15, -0.1) is 0 Å². The second kappa shape index (κ2) is 4.44. The maximum atomic E-state index is 11.7. The molecule has 18 heavy (non-hydrogen) atoms. The first-order valence-electron chi connectivity index (χ1n) is 5.78. The van der Waals surface area contributed by atoms with Crippen molar-refractivity contribution in [1.29, 1.82) is 0 Å². The zero-order valence-electron chi connectivity index (χ0n) is 9.68. The molecule has 0 aliphatic carbocycles. The molecule has 1 aliphatic rings. The van der Waals surface area contributed by atoms with Gasteiger partial charge in [-0.05, 0) is 30.2 Å². The Hall–Kier alpha value is -2.43. The SMILES string of the molecule is O=C1NCCc2ccc(Nc3ccnnc3)cc21. The predicted molar refractivity (Wildman–Crippen MR) is 67.8 cm³/mol. The van der Waals surface area contributed by atoms with Crippen LogP contribution in [-0.2, 0) is 6.42 Å². The lowest BCUT2D eigenvalue weighted by atomic mass is 10.00. The quantitative estimate of drug-likeness (QED) is 0.835. The van der Waals surface area contributed by atoms with E-state index >= 15 is 0 Å². The zero-order valence-corrected chi connectivity index (χ0v) is 9.68. The number of hydrogen-bond donors (Lipinski definition) is 2. The Labute approximate surface area is 104 Å². The van der Waals surface area contributed by atoms with Gasteiger partial charge in [0.25, 0.3) is 5.91 Å². The number of amides is 1. The van der Waals surface area contributed by atoms with Crippen LogP contribution in [0.5, 0.6) is 0 Å². The maximum absolute atomic E-state index is 11.7.